The molecule has 1 heterocycles. The molecule has 0 aliphatic carbocycles. The van der Waals surface area contributed by atoms with Crippen LogP contribution in [0, 0.1) is 6.20 Å². The van der Waals surface area contributed by atoms with Gasteiger partial charge >= 0.3 is 0 Å². The summed E-state index contributed by atoms with van der Waals surface area (Å²) in [5, 5.41) is 3.94. The van der Waals surface area contributed by atoms with E-state index in [0.29, 0.717) is 5.75 Å². The van der Waals surface area contributed by atoms with Crippen LogP contribution in [-0.2, 0) is 6.54 Å². The molecular weight excluding hydrogens is 116 g/mol. The van der Waals surface area contributed by atoms with Crippen molar-refractivity contribution in [2.45, 2.75) is 13.5 Å². The number of rotatable bonds is 2. The second kappa shape index (κ2) is 2.53. The third kappa shape index (κ3) is 1.22. The number of hydrogen-bond acceptors (Lipinski definition) is 2. The van der Waals surface area contributed by atoms with Gasteiger partial charge in [-0.15, -0.1) is 0 Å². The van der Waals surface area contributed by atoms with E-state index in [-0.39, 0.29) is 0 Å². The topological polar surface area (TPSA) is 27.1 Å². The molecule has 1 aromatic heterocycles. The van der Waals surface area contributed by atoms with Gasteiger partial charge in [-0.2, -0.15) is 5.10 Å². The van der Waals surface area contributed by atoms with E-state index in [1.165, 1.54) is 0 Å². The number of ether oxygens (including phenoxy) is 1. The number of nitrogens with zero attached hydrogens (tertiary/aromatic N) is 2. The molecule has 0 aliphatic heterocycles. The van der Waals surface area contributed by atoms with E-state index in [1.54, 1.807) is 18.0 Å². The van der Waals surface area contributed by atoms with Crippen molar-refractivity contribution in [1.29, 1.82) is 0 Å². The van der Waals surface area contributed by atoms with Crippen molar-refractivity contribution in [3.63, 3.8) is 0 Å². The van der Waals surface area contributed by atoms with E-state index in [1.807, 2.05) is 6.92 Å². The summed E-state index contributed by atoms with van der Waals surface area (Å²) in [6, 6.07) is 0. The first-order valence-corrected chi connectivity index (χ1v) is 2.86. The zero-order valence-electron chi connectivity index (χ0n) is 5.59. The molecule has 0 unspecified atom stereocenters. The Labute approximate surface area is 54.2 Å². The van der Waals surface area contributed by atoms with Gasteiger partial charge in [0.2, 0.25) is 0 Å². The van der Waals surface area contributed by atoms with E-state index >= 15 is 0 Å². The zero-order valence-corrected chi connectivity index (χ0v) is 5.59. The van der Waals surface area contributed by atoms with E-state index < -0.39 is 0 Å². The summed E-state index contributed by atoms with van der Waals surface area (Å²) >= 11 is 0. The Hall–Kier alpha value is -0.990. The van der Waals surface area contributed by atoms with Crippen molar-refractivity contribution in [2.24, 2.45) is 0 Å². The molecule has 0 bridgehead atoms. The van der Waals surface area contributed by atoms with Gasteiger partial charge in [-0.3, -0.25) is 4.68 Å². The summed E-state index contributed by atoms with van der Waals surface area (Å²) in [6.07, 6.45) is 4.54. The highest BCUT2D eigenvalue weighted by molar-refractivity contribution is 5.08. The first-order chi connectivity index (χ1) is 4.36. The van der Waals surface area contributed by atoms with Gasteiger partial charge in [0.25, 0.3) is 0 Å². The third-order valence-electron chi connectivity index (χ3n) is 1.07. The monoisotopic (exact) mass is 125 g/mol. The Balaban J connectivity index is 2.74. The number of aryl methyl sites for hydroxylation is 1. The molecule has 0 fully saturated rings. The molecule has 3 heteroatoms. The molecule has 9 heavy (non-hydrogen) atoms. The lowest BCUT2D eigenvalue weighted by Crippen LogP contribution is -1.92. The molecule has 1 radical (unpaired) electrons. The van der Waals surface area contributed by atoms with E-state index in [9.17, 15) is 0 Å². The predicted octanol–water partition coefficient (Wildman–Crippen LogP) is 0.712. The van der Waals surface area contributed by atoms with Crippen molar-refractivity contribution >= 4 is 0 Å². The van der Waals surface area contributed by atoms with Crippen molar-refractivity contribution in [3.05, 3.63) is 12.4 Å². The zero-order chi connectivity index (χ0) is 6.69. The van der Waals surface area contributed by atoms with Crippen LogP contribution in [0.15, 0.2) is 6.20 Å². The fraction of sp³-hybridized carbons (Fsp3) is 0.500. The second-order valence-electron chi connectivity index (χ2n) is 1.64. The molecule has 3 nitrogen and oxygen atoms in total. The molecule has 0 saturated heterocycles. The van der Waals surface area contributed by atoms with Gasteiger partial charge < -0.3 is 4.74 Å². The van der Waals surface area contributed by atoms with Crippen LogP contribution in [0.25, 0.3) is 0 Å². The number of aromatic nitrogens is 2. The SMILES string of the molecule is CCn1[c]c(OC)cn1. The van der Waals surface area contributed by atoms with Gasteiger partial charge in [0.05, 0.1) is 13.3 Å². The van der Waals surface area contributed by atoms with Gasteiger partial charge in [-0.1, -0.05) is 0 Å². The van der Waals surface area contributed by atoms with E-state index in [2.05, 4.69) is 11.3 Å². The highest BCUT2D eigenvalue weighted by atomic mass is 16.5. The Morgan fingerprint density at radius 1 is 1.89 bits per heavy atom. The van der Waals surface area contributed by atoms with Crippen LogP contribution in [0.3, 0.4) is 0 Å². The van der Waals surface area contributed by atoms with Crippen LogP contribution >= 0.6 is 0 Å². The summed E-state index contributed by atoms with van der Waals surface area (Å²) in [4.78, 5) is 0. The molecule has 0 saturated carbocycles. The van der Waals surface area contributed by atoms with Crippen LogP contribution in [0.1, 0.15) is 6.92 Å². The Morgan fingerprint density at radius 3 is 3.00 bits per heavy atom. The van der Waals surface area contributed by atoms with Crippen molar-refractivity contribution in [1.82, 2.24) is 9.78 Å². The molecule has 0 atom stereocenters. The Kier molecular flexibility index (Phi) is 1.72. The van der Waals surface area contributed by atoms with Crippen LogP contribution in [0.4, 0.5) is 0 Å². The average molecular weight is 125 g/mol. The molecule has 1 rings (SSSR count). The molecule has 49 valence electrons. The van der Waals surface area contributed by atoms with Gasteiger partial charge in [-0.25, -0.2) is 0 Å². The standard InChI is InChI=1S/C6H9N2O/c1-3-8-5-6(9-2)4-7-8/h4H,3H2,1-2H3. The molecular formula is C6H9N2O. The molecule has 0 N–H and O–H groups in total. The van der Waals surface area contributed by atoms with Gasteiger partial charge in [0, 0.05) is 6.54 Å². The number of methoxy groups -OCH3 is 1. The lowest BCUT2D eigenvalue weighted by molar-refractivity contribution is 0.413. The normalized spacial score (nSPS) is 9.56. The first-order valence-electron chi connectivity index (χ1n) is 2.86. The highest BCUT2D eigenvalue weighted by Crippen LogP contribution is 2.04. The maximum Gasteiger partial charge on any atom is 0.166 e. The fourth-order valence-electron chi connectivity index (χ4n) is 0.566. The summed E-state index contributed by atoms with van der Waals surface area (Å²) in [5.41, 5.74) is 0. The van der Waals surface area contributed by atoms with Gasteiger partial charge in [0.15, 0.2) is 5.75 Å². The van der Waals surface area contributed by atoms with Gasteiger partial charge in [0.1, 0.15) is 6.20 Å². The minimum absolute atomic E-state index is 0.692. The van der Waals surface area contributed by atoms with Crippen LogP contribution in [0.2, 0.25) is 0 Å². The predicted molar refractivity (Wildman–Crippen MR) is 33.3 cm³/mol. The fourth-order valence-corrected chi connectivity index (χ4v) is 0.566. The number of hydrogen-bond donors (Lipinski definition) is 0. The Morgan fingerprint density at radius 2 is 2.67 bits per heavy atom. The summed E-state index contributed by atoms with van der Waals surface area (Å²) in [5.74, 6) is 0.692. The molecule has 0 aliphatic rings. The quantitative estimate of drug-likeness (QED) is 0.582. The average Bonchev–Trinajstić information content (AvgIpc) is 2.34. The maximum absolute atomic E-state index is 4.86. The van der Waals surface area contributed by atoms with Gasteiger partial charge in [-0.05, 0) is 6.92 Å². The second-order valence-corrected chi connectivity index (χ2v) is 1.64. The maximum atomic E-state index is 4.86. The lowest BCUT2D eigenvalue weighted by Gasteiger charge is -1.89. The molecule has 1 aromatic rings. The minimum atomic E-state index is 0.692. The Bertz CT molecular complexity index is 164. The van der Waals surface area contributed by atoms with Crippen LogP contribution in [-0.4, -0.2) is 16.9 Å². The lowest BCUT2D eigenvalue weighted by atomic mass is 10.6. The molecule has 0 aromatic carbocycles. The van der Waals surface area contributed by atoms with Crippen LogP contribution in [0.5, 0.6) is 5.75 Å². The molecule has 0 amide bonds. The van der Waals surface area contributed by atoms with E-state index in [4.69, 9.17) is 4.74 Å². The summed E-state index contributed by atoms with van der Waals surface area (Å²) in [6.45, 7) is 2.84. The summed E-state index contributed by atoms with van der Waals surface area (Å²) in [7, 11) is 1.60. The summed E-state index contributed by atoms with van der Waals surface area (Å²) < 4.78 is 6.55. The van der Waals surface area contributed by atoms with Crippen molar-refractivity contribution < 1.29 is 4.74 Å². The minimum Gasteiger partial charge on any atom is -0.493 e. The largest absolute Gasteiger partial charge is 0.493 e. The smallest absolute Gasteiger partial charge is 0.166 e. The molecule has 0 spiro atoms. The highest BCUT2D eigenvalue weighted by Gasteiger charge is 1.93. The van der Waals surface area contributed by atoms with Crippen molar-refractivity contribution in [3.8, 4) is 5.75 Å². The first kappa shape index (κ1) is 6.13. The van der Waals surface area contributed by atoms with Crippen molar-refractivity contribution in [2.75, 3.05) is 7.11 Å². The van der Waals surface area contributed by atoms with Crippen LogP contribution < -0.4 is 4.74 Å². The van der Waals surface area contributed by atoms with E-state index in [0.717, 1.165) is 6.54 Å². The third-order valence-corrected chi connectivity index (χ3v) is 1.07.